The number of nitrogens with one attached hydrogen (secondary N) is 1. The van der Waals surface area contributed by atoms with Crippen LogP contribution < -0.4 is 5.32 Å². The van der Waals surface area contributed by atoms with E-state index in [1.165, 1.54) is 0 Å². The molecule has 0 atom stereocenters. The maximum Gasteiger partial charge on any atom is 0.133 e. The van der Waals surface area contributed by atoms with E-state index in [2.05, 4.69) is 39.9 Å². The summed E-state index contributed by atoms with van der Waals surface area (Å²) in [6.07, 6.45) is 2.37. The molecule has 0 fully saturated rings. The number of ketones is 1. The van der Waals surface area contributed by atoms with Crippen molar-refractivity contribution in [2.45, 2.75) is 53.9 Å². The molecule has 0 aliphatic rings. The topological polar surface area (TPSA) is 29.1 Å². The molecule has 0 aromatic rings. The highest BCUT2D eigenvalue weighted by Crippen LogP contribution is 2.41. The van der Waals surface area contributed by atoms with Gasteiger partial charge in [-0.2, -0.15) is 0 Å². The van der Waals surface area contributed by atoms with E-state index in [9.17, 15) is 4.79 Å². The van der Waals surface area contributed by atoms with Gasteiger partial charge in [0.1, 0.15) is 5.78 Å². The zero-order chi connectivity index (χ0) is 12.1. The molecule has 0 radical (unpaired) electrons. The van der Waals surface area contributed by atoms with Crippen LogP contribution in [0.3, 0.4) is 0 Å². The number of hydrogen-bond donors (Lipinski definition) is 1. The molecule has 90 valence electrons. The standard InChI is InChI=1S/C13H27NO/c1-7-8-11(15)9-12(2,3)13(4,5)10-14-6/h14H,7-10H2,1-6H3. The Kier molecular flexibility index (Phi) is 5.50. The van der Waals surface area contributed by atoms with E-state index >= 15 is 0 Å². The quantitative estimate of drug-likeness (QED) is 0.704. The SMILES string of the molecule is CCCC(=O)CC(C)(C)C(C)(C)CNC. The van der Waals surface area contributed by atoms with Gasteiger partial charge in [-0.05, 0) is 24.3 Å². The zero-order valence-corrected chi connectivity index (χ0v) is 11.2. The molecule has 0 saturated carbocycles. The summed E-state index contributed by atoms with van der Waals surface area (Å²) < 4.78 is 0. The fraction of sp³-hybridized carbons (Fsp3) is 0.923. The van der Waals surface area contributed by atoms with Crippen molar-refractivity contribution in [3.8, 4) is 0 Å². The monoisotopic (exact) mass is 213 g/mol. The summed E-state index contributed by atoms with van der Waals surface area (Å²) in [4.78, 5) is 11.7. The van der Waals surface area contributed by atoms with Crippen LogP contribution in [0, 0.1) is 10.8 Å². The summed E-state index contributed by atoms with van der Waals surface area (Å²) in [6, 6.07) is 0. The lowest BCUT2D eigenvalue weighted by Gasteiger charge is -2.41. The van der Waals surface area contributed by atoms with Crippen molar-refractivity contribution >= 4 is 5.78 Å². The van der Waals surface area contributed by atoms with Crippen molar-refractivity contribution in [1.82, 2.24) is 5.32 Å². The van der Waals surface area contributed by atoms with Gasteiger partial charge in [-0.1, -0.05) is 34.6 Å². The highest BCUT2D eigenvalue weighted by atomic mass is 16.1. The Bertz CT molecular complexity index is 207. The summed E-state index contributed by atoms with van der Waals surface area (Å²) in [5.74, 6) is 0.395. The third-order valence-electron chi connectivity index (χ3n) is 3.62. The highest BCUT2D eigenvalue weighted by Gasteiger charge is 2.37. The number of carbonyl (C=O) groups excluding carboxylic acids is 1. The first-order valence-electron chi connectivity index (χ1n) is 5.93. The fourth-order valence-electron chi connectivity index (χ4n) is 1.78. The van der Waals surface area contributed by atoms with Gasteiger partial charge in [0.05, 0.1) is 0 Å². The van der Waals surface area contributed by atoms with Crippen LogP contribution in [0.1, 0.15) is 53.9 Å². The molecule has 0 aromatic carbocycles. The lowest BCUT2D eigenvalue weighted by molar-refractivity contribution is -0.122. The second-order valence-corrected chi connectivity index (χ2v) is 5.76. The summed E-state index contributed by atoms with van der Waals surface area (Å²) in [5, 5.41) is 3.21. The average Bonchev–Trinajstić information content (AvgIpc) is 2.02. The van der Waals surface area contributed by atoms with Crippen molar-refractivity contribution in [3.63, 3.8) is 0 Å². The summed E-state index contributed by atoms with van der Waals surface area (Å²) in [6.45, 7) is 11.8. The molecule has 0 aromatic heterocycles. The molecule has 0 bridgehead atoms. The molecule has 2 heteroatoms. The lowest BCUT2D eigenvalue weighted by Crippen LogP contribution is -2.41. The molecular formula is C13H27NO. The Morgan fingerprint density at radius 2 is 1.67 bits per heavy atom. The third kappa shape index (κ3) is 4.33. The second kappa shape index (κ2) is 5.64. The van der Waals surface area contributed by atoms with Gasteiger partial charge in [-0.3, -0.25) is 4.79 Å². The predicted octanol–water partition coefficient (Wildman–Crippen LogP) is 3.02. The summed E-state index contributed by atoms with van der Waals surface area (Å²) >= 11 is 0. The molecule has 0 unspecified atom stereocenters. The second-order valence-electron chi connectivity index (χ2n) is 5.76. The van der Waals surface area contributed by atoms with E-state index in [1.807, 2.05) is 7.05 Å². The summed E-state index contributed by atoms with van der Waals surface area (Å²) in [5.41, 5.74) is 0.202. The Hall–Kier alpha value is -0.370. The molecule has 0 spiro atoms. The molecule has 0 aliphatic heterocycles. The zero-order valence-electron chi connectivity index (χ0n) is 11.2. The third-order valence-corrected chi connectivity index (χ3v) is 3.62. The van der Waals surface area contributed by atoms with Gasteiger partial charge in [0, 0.05) is 19.4 Å². The van der Waals surface area contributed by atoms with E-state index < -0.39 is 0 Å². The van der Waals surface area contributed by atoms with Gasteiger partial charge in [0.2, 0.25) is 0 Å². The molecule has 0 heterocycles. The van der Waals surface area contributed by atoms with Crippen LogP contribution in [0.2, 0.25) is 0 Å². The number of rotatable bonds is 7. The first-order chi connectivity index (χ1) is 6.77. The number of Topliss-reactive ketones (excluding diaryl/α,β-unsaturated/α-hetero) is 1. The van der Waals surface area contributed by atoms with E-state index in [1.54, 1.807) is 0 Å². The Labute approximate surface area is 94.8 Å². The van der Waals surface area contributed by atoms with Gasteiger partial charge in [0.15, 0.2) is 0 Å². The number of carbonyl (C=O) groups is 1. The largest absolute Gasteiger partial charge is 0.319 e. The Balaban J connectivity index is 4.45. The van der Waals surface area contributed by atoms with Crippen LogP contribution in [-0.2, 0) is 4.79 Å². The van der Waals surface area contributed by atoms with Crippen LogP contribution in [0.15, 0.2) is 0 Å². The van der Waals surface area contributed by atoms with Gasteiger partial charge in [-0.15, -0.1) is 0 Å². The minimum absolute atomic E-state index is 0.0578. The van der Waals surface area contributed by atoms with Crippen molar-refractivity contribution < 1.29 is 4.79 Å². The van der Waals surface area contributed by atoms with Crippen LogP contribution in [0.25, 0.3) is 0 Å². The van der Waals surface area contributed by atoms with E-state index in [-0.39, 0.29) is 10.8 Å². The van der Waals surface area contributed by atoms with E-state index in [0.29, 0.717) is 12.2 Å². The van der Waals surface area contributed by atoms with E-state index in [0.717, 1.165) is 19.4 Å². The first-order valence-corrected chi connectivity index (χ1v) is 5.93. The number of hydrogen-bond acceptors (Lipinski definition) is 2. The molecule has 0 saturated heterocycles. The molecule has 2 nitrogen and oxygen atoms in total. The molecular weight excluding hydrogens is 186 g/mol. The van der Waals surface area contributed by atoms with Gasteiger partial charge >= 0.3 is 0 Å². The average molecular weight is 213 g/mol. The van der Waals surface area contributed by atoms with Crippen molar-refractivity contribution in [2.75, 3.05) is 13.6 Å². The van der Waals surface area contributed by atoms with Gasteiger partial charge in [0.25, 0.3) is 0 Å². The highest BCUT2D eigenvalue weighted by molar-refractivity contribution is 5.79. The van der Waals surface area contributed by atoms with E-state index in [4.69, 9.17) is 0 Å². The van der Waals surface area contributed by atoms with Gasteiger partial charge in [-0.25, -0.2) is 0 Å². The molecule has 0 amide bonds. The first kappa shape index (κ1) is 14.6. The smallest absolute Gasteiger partial charge is 0.133 e. The van der Waals surface area contributed by atoms with Crippen LogP contribution in [-0.4, -0.2) is 19.4 Å². The van der Waals surface area contributed by atoms with Crippen LogP contribution >= 0.6 is 0 Å². The van der Waals surface area contributed by atoms with Crippen molar-refractivity contribution in [1.29, 1.82) is 0 Å². The normalized spacial score (nSPS) is 12.9. The minimum Gasteiger partial charge on any atom is -0.319 e. The summed E-state index contributed by atoms with van der Waals surface area (Å²) in [7, 11) is 1.96. The van der Waals surface area contributed by atoms with Crippen molar-refractivity contribution in [3.05, 3.63) is 0 Å². The minimum atomic E-state index is 0.0578. The van der Waals surface area contributed by atoms with Crippen LogP contribution in [0.4, 0.5) is 0 Å². The lowest BCUT2D eigenvalue weighted by atomic mass is 9.65. The maximum atomic E-state index is 11.7. The fourth-order valence-corrected chi connectivity index (χ4v) is 1.78. The molecule has 0 aliphatic carbocycles. The van der Waals surface area contributed by atoms with Crippen molar-refractivity contribution in [2.24, 2.45) is 10.8 Å². The maximum absolute atomic E-state index is 11.7. The Morgan fingerprint density at radius 1 is 1.13 bits per heavy atom. The van der Waals surface area contributed by atoms with Gasteiger partial charge < -0.3 is 5.32 Å². The van der Waals surface area contributed by atoms with Crippen LogP contribution in [0.5, 0.6) is 0 Å². The predicted molar refractivity (Wildman–Crippen MR) is 66.0 cm³/mol. The molecule has 1 N–H and O–H groups in total. The molecule has 0 rings (SSSR count). The Morgan fingerprint density at radius 3 is 2.07 bits per heavy atom. The molecule has 15 heavy (non-hydrogen) atoms.